The highest BCUT2D eigenvalue weighted by atomic mass is 19.1. The Labute approximate surface area is 87.4 Å². The van der Waals surface area contributed by atoms with Crippen molar-refractivity contribution < 1.29 is 9.50 Å². The zero-order chi connectivity index (χ0) is 10.8. The number of rotatable bonds is 2. The first-order valence-corrected chi connectivity index (χ1v) is 4.76. The molecule has 0 amide bonds. The van der Waals surface area contributed by atoms with Crippen molar-refractivity contribution >= 4 is 0 Å². The third-order valence-electron chi connectivity index (χ3n) is 2.45. The molecule has 0 fully saturated rings. The average molecular weight is 205 g/mol. The Morgan fingerprint density at radius 3 is 2.80 bits per heavy atom. The van der Waals surface area contributed by atoms with Crippen molar-refractivity contribution in [2.24, 2.45) is 0 Å². The lowest BCUT2D eigenvalue weighted by atomic mass is 10.0. The maximum atomic E-state index is 13.0. The maximum Gasteiger partial charge on any atom is 0.123 e. The Kier molecular flexibility index (Phi) is 2.56. The van der Waals surface area contributed by atoms with Crippen LogP contribution >= 0.6 is 0 Å². The number of aromatic amines is 1. The molecule has 0 spiro atoms. The first-order chi connectivity index (χ1) is 7.18. The minimum Gasteiger partial charge on any atom is -0.382 e. The van der Waals surface area contributed by atoms with Gasteiger partial charge in [-0.15, -0.1) is 0 Å². The summed E-state index contributed by atoms with van der Waals surface area (Å²) in [4.78, 5) is 2.91. The van der Waals surface area contributed by atoms with E-state index in [1.54, 1.807) is 24.4 Å². The molecule has 2 N–H and O–H groups in total. The quantitative estimate of drug-likeness (QED) is 0.776. The number of H-pyrrole nitrogens is 1. The SMILES string of the molecule is Cc1ccc(F)cc1C(O)c1ccc[nH]1. The van der Waals surface area contributed by atoms with Crippen LogP contribution in [0.5, 0.6) is 0 Å². The second kappa shape index (κ2) is 3.87. The van der Waals surface area contributed by atoms with Crippen LogP contribution in [0.15, 0.2) is 36.5 Å². The number of aromatic nitrogens is 1. The van der Waals surface area contributed by atoms with Crippen molar-refractivity contribution in [2.45, 2.75) is 13.0 Å². The fourth-order valence-corrected chi connectivity index (χ4v) is 1.59. The fourth-order valence-electron chi connectivity index (χ4n) is 1.59. The van der Waals surface area contributed by atoms with Crippen molar-refractivity contribution in [3.63, 3.8) is 0 Å². The molecule has 0 aliphatic carbocycles. The van der Waals surface area contributed by atoms with Crippen LogP contribution in [0, 0.1) is 12.7 Å². The Hall–Kier alpha value is -1.61. The molecule has 0 aliphatic heterocycles. The number of halogens is 1. The summed E-state index contributed by atoms with van der Waals surface area (Å²) in [5.74, 6) is -0.332. The van der Waals surface area contributed by atoms with Gasteiger partial charge in [0.15, 0.2) is 0 Å². The van der Waals surface area contributed by atoms with Crippen LogP contribution < -0.4 is 0 Å². The Bertz CT molecular complexity index is 451. The number of aliphatic hydroxyl groups excluding tert-OH is 1. The molecule has 2 rings (SSSR count). The molecule has 2 aromatic rings. The minimum atomic E-state index is -0.796. The van der Waals surface area contributed by atoms with Crippen molar-refractivity contribution in [3.8, 4) is 0 Å². The summed E-state index contributed by atoms with van der Waals surface area (Å²) in [5.41, 5.74) is 2.14. The molecule has 1 unspecified atom stereocenters. The monoisotopic (exact) mass is 205 g/mol. The second-order valence-corrected chi connectivity index (χ2v) is 3.53. The molecule has 0 saturated carbocycles. The standard InChI is InChI=1S/C12H12FNO/c1-8-4-5-9(13)7-10(8)12(15)11-3-2-6-14-11/h2-7,12,14-15H,1H3. The summed E-state index contributed by atoms with van der Waals surface area (Å²) < 4.78 is 13.0. The summed E-state index contributed by atoms with van der Waals surface area (Å²) in [6.07, 6.45) is 0.934. The van der Waals surface area contributed by atoms with Gasteiger partial charge in [0.1, 0.15) is 11.9 Å². The van der Waals surface area contributed by atoms with Gasteiger partial charge in [0.2, 0.25) is 0 Å². The van der Waals surface area contributed by atoms with E-state index in [-0.39, 0.29) is 5.82 Å². The lowest BCUT2D eigenvalue weighted by molar-refractivity contribution is 0.214. The van der Waals surface area contributed by atoms with E-state index in [9.17, 15) is 9.50 Å². The van der Waals surface area contributed by atoms with Crippen LogP contribution in [-0.2, 0) is 0 Å². The summed E-state index contributed by atoms with van der Waals surface area (Å²) in [7, 11) is 0. The highest BCUT2D eigenvalue weighted by molar-refractivity contribution is 5.33. The largest absolute Gasteiger partial charge is 0.382 e. The van der Waals surface area contributed by atoms with Gasteiger partial charge in [0.25, 0.3) is 0 Å². The predicted octanol–water partition coefficient (Wildman–Crippen LogP) is 2.54. The molecule has 2 nitrogen and oxygen atoms in total. The molecule has 1 atom stereocenters. The molecular formula is C12H12FNO. The fraction of sp³-hybridized carbons (Fsp3) is 0.167. The normalized spacial score (nSPS) is 12.7. The third kappa shape index (κ3) is 1.92. The van der Waals surface area contributed by atoms with Gasteiger partial charge in [-0.05, 0) is 42.3 Å². The smallest absolute Gasteiger partial charge is 0.123 e. The van der Waals surface area contributed by atoms with Gasteiger partial charge in [-0.25, -0.2) is 4.39 Å². The van der Waals surface area contributed by atoms with E-state index in [2.05, 4.69) is 4.98 Å². The molecule has 0 bridgehead atoms. The van der Waals surface area contributed by atoms with Gasteiger partial charge in [-0.2, -0.15) is 0 Å². The first-order valence-electron chi connectivity index (χ1n) is 4.76. The van der Waals surface area contributed by atoms with Crippen LogP contribution in [0.3, 0.4) is 0 Å². The van der Waals surface area contributed by atoms with Gasteiger partial charge in [-0.3, -0.25) is 0 Å². The molecule has 1 aromatic heterocycles. The molecule has 1 heterocycles. The van der Waals surface area contributed by atoms with Crippen molar-refractivity contribution in [1.29, 1.82) is 0 Å². The van der Waals surface area contributed by atoms with E-state index >= 15 is 0 Å². The van der Waals surface area contributed by atoms with Crippen LogP contribution in [0.25, 0.3) is 0 Å². The number of hydrogen-bond acceptors (Lipinski definition) is 1. The summed E-state index contributed by atoms with van der Waals surface area (Å²) in [6.45, 7) is 1.85. The molecule has 3 heteroatoms. The molecule has 15 heavy (non-hydrogen) atoms. The van der Waals surface area contributed by atoms with Crippen molar-refractivity contribution in [3.05, 3.63) is 59.2 Å². The van der Waals surface area contributed by atoms with Crippen LogP contribution in [0.1, 0.15) is 22.9 Å². The lowest BCUT2D eigenvalue weighted by Gasteiger charge is -2.12. The number of benzene rings is 1. The molecule has 78 valence electrons. The second-order valence-electron chi connectivity index (χ2n) is 3.53. The highest BCUT2D eigenvalue weighted by Crippen LogP contribution is 2.24. The predicted molar refractivity (Wildman–Crippen MR) is 56.0 cm³/mol. The van der Waals surface area contributed by atoms with E-state index in [0.717, 1.165) is 5.56 Å². The van der Waals surface area contributed by atoms with E-state index in [4.69, 9.17) is 0 Å². The van der Waals surface area contributed by atoms with Crippen LogP contribution in [-0.4, -0.2) is 10.1 Å². The van der Waals surface area contributed by atoms with E-state index in [0.29, 0.717) is 11.3 Å². The first kappa shape index (κ1) is 9.93. The third-order valence-corrected chi connectivity index (χ3v) is 2.45. The summed E-state index contributed by atoms with van der Waals surface area (Å²) in [6, 6.07) is 7.99. The minimum absolute atomic E-state index is 0.332. The van der Waals surface area contributed by atoms with Crippen molar-refractivity contribution in [1.82, 2.24) is 4.98 Å². The maximum absolute atomic E-state index is 13.0. The zero-order valence-electron chi connectivity index (χ0n) is 8.37. The van der Waals surface area contributed by atoms with E-state index in [1.807, 2.05) is 6.92 Å². The van der Waals surface area contributed by atoms with Gasteiger partial charge < -0.3 is 10.1 Å². The van der Waals surface area contributed by atoms with Gasteiger partial charge in [-0.1, -0.05) is 6.07 Å². The van der Waals surface area contributed by atoms with Crippen molar-refractivity contribution in [2.75, 3.05) is 0 Å². The molecule has 0 radical (unpaired) electrons. The van der Waals surface area contributed by atoms with Crippen LogP contribution in [0.2, 0.25) is 0 Å². The van der Waals surface area contributed by atoms with E-state index in [1.165, 1.54) is 12.1 Å². The molecule has 1 aromatic carbocycles. The molecular weight excluding hydrogens is 193 g/mol. The summed E-state index contributed by atoms with van der Waals surface area (Å²) in [5, 5.41) is 9.99. The number of aryl methyl sites for hydroxylation is 1. The molecule has 0 saturated heterocycles. The Balaban J connectivity index is 2.41. The van der Waals surface area contributed by atoms with Crippen LogP contribution in [0.4, 0.5) is 4.39 Å². The van der Waals surface area contributed by atoms with Gasteiger partial charge in [0.05, 0.1) is 0 Å². The molecule has 0 aliphatic rings. The number of nitrogens with one attached hydrogen (secondary N) is 1. The number of aliphatic hydroxyl groups is 1. The van der Waals surface area contributed by atoms with Gasteiger partial charge >= 0.3 is 0 Å². The number of hydrogen-bond donors (Lipinski definition) is 2. The van der Waals surface area contributed by atoms with E-state index < -0.39 is 6.10 Å². The zero-order valence-corrected chi connectivity index (χ0v) is 8.37. The highest BCUT2D eigenvalue weighted by Gasteiger charge is 2.13. The Morgan fingerprint density at radius 2 is 2.13 bits per heavy atom. The van der Waals surface area contributed by atoms with Gasteiger partial charge in [0, 0.05) is 11.9 Å². The Morgan fingerprint density at radius 1 is 1.33 bits per heavy atom. The topological polar surface area (TPSA) is 36.0 Å². The summed E-state index contributed by atoms with van der Waals surface area (Å²) >= 11 is 0. The lowest BCUT2D eigenvalue weighted by Crippen LogP contribution is -2.02. The average Bonchev–Trinajstić information content (AvgIpc) is 2.74.